The molecule has 0 bridgehead atoms. The number of halogens is 2. The quantitative estimate of drug-likeness (QED) is 0.749. The van der Waals surface area contributed by atoms with E-state index in [1.54, 1.807) is 10.6 Å². The molecule has 8 heteroatoms. The molecular formula is C18H20F2N6. The van der Waals surface area contributed by atoms with Crippen LogP contribution in [-0.4, -0.2) is 38.5 Å². The number of hydrogen-bond acceptors (Lipinski definition) is 5. The third-order valence-corrected chi connectivity index (χ3v) is 5.22. The maximum absolute atomic E-state index is 13.5. The summed E-state index contributed by atoms with van der Waals surface area (Å²) in [6.45, 7) is 1.94. The van der Waals surface area contributed by atoms with Crippen molar-refractivity contribution in [3.63, 3.8) is 0 Å². The molecule has 0 aromatic carbocycles. The molecule has 3 aromatic rings. The predicted octanol–water partition coefficient (Wildman–Crippen LogP) is 3.26. The first-order valence-electron chi connectivity index (χ1n) is 9.13. The van der Waals surface area contributed by atoms with Gasteiger partial charge in [0.15, 0.2) is 5.65 Å². The van der Waals surface area contributed by atoms with Gasteiger partial charge < -0.3 is 10.6 Å². The van der Waals surface area contributed by atoms with Gasteiger partial charge in [-0.15, -0.1) is 0 Å². The Labute approximate surface area is 149 Å². The lowest BCUT2D eigenvalue weighted by atomic mass is 10.1. The van der Waals surface area contributed by atoms with E-state index in [4.69, 9.17) is 0 Å². The standard InChI is InChI=1S/C18H20F2N6/c19-15(20)13-7-11-8-22-18(23-12-3-5-21-6-4-12)25-16(11)26-9-14(10-1-2-10)24-17(13)26/h7-10,12,15,21H,1-6H2,(H,22,23,25). The number of imidazole rings is 1. The second kappa shape index (κ2) is 6.12. The van der Waals surface area contributed by atoms with Crippen molar-refractivity contribution in [2.75, 3.05) is 18.4 Å². The third kappa shape index (κ3) is 2.78. The van der Waals surface area contributed by atoms with E-state index >= 15 is 0 Å². The number of pyridine rings is 1. The molecule has 2 fully saturated rings. The first-order chi connectivity index (χ1) is 12.7. The Morgan fingerprint density at radius 2 is 1.92 bits per heavy atom. The van der Waals surface area contributed by atoms with Crippen molar-refractivity contribution < 1.29 is 8.78 Å². The van der Waals surface area contributed by atoms with Crippen LogP contribution in [0.15, 0.2) is 18.5 Å². The molecule has 136 valence electrons. The summed E-state index contributed by atoms with van der Waals surface area (Å²) in [4.78, 5) is 13.5. The van der Waals surface area contributed by atoms with Crippen LogP contribution in [0, 0.1) is 0 Å². The minimum absolute atomic E-state index is 0.0629. The van der Waals surface area contributed by atoms with Crippen LogP contribution in [0.2, 0.25) is 0 Å². The molecule has 0 spiro atoms. The van der Waals surface area contributed by atoms with Crippen molar-refractivity contribution in [3.8, 4) is 0 Å². The normalized spacial score (nSPS) is 18.9. The van der Waals surface area contributed by atoms with E-state index < -0.39 is 6.43 Å². The summed E-state index contributed by atoms with van der Waals surface area (Å²) in [5, 5.41) is 7.30. The maximum Gasteiger partial charge on any atom is 0.267 e. The van der Waals surface area contributed by atoms with Crippen molar-refractivity contribution in [1.29, 1.82) is 0 Å². The van der Waals surface area contributed by atoms with Crippen LogP contribution < -0.4 is 10.6 Å². The topological polar surface area (TPSA) is 67.1 Å². The van der Waals surface area contributed by atoms with E-state index in [2.05, 4.69) is 25.6 Å². The molecule has 0 unspecified atom stereocenters. The second-order valence-corrected chi connectivity index (χ2v) is 7.18. The molecule has 0 radical (unpaired) electrons. The van der Waals surface area contributed by atoms with Gasteiger partial charge >= 0.3 is 0 Å². The smallest absolute Gasteiger partial charge is 0.267 e. The highest BCUT2D eigenvalue weighted by atomic mass is 19.3. The van der Waals surface area contributed by atoms with Gasteiger partial charge in [-0.1, -0.05) is 0 Å². The van der Waals surface area contributed by atoms with Gasteiger partial charge in [0.1, 0.15) is 5.65 Å². The van der Waals surface area contributed by atoms with Gasteiger partial charge in [0.05, 0.1) is 11.3 Å². The average molecular weight is 358 g/mol. The van der Waals surface area contributed by atoms with Gasteiger partial charge in [-0.2, -0.15) is 4.98 Å². The van der Waals surface area contributed by atoms with Crippen LogP contribution in [0.25, 0.3) is 16.7 Å². The van der Waals surface area contributed by atoms with E-state index in [9.17, 15) is 8.78 Å². The fraction of sp³-hybridized carbons (Fsp3) is 0.500. The number of aromatic nitrogens is 4. The number of nitrogens with zero attached hydrogens (tertiary/aromatic N) is 4. The first kappa shape index (κ1) is 15.9. The summed E-state index contributed by atoms with van der Waals surface area (Å²) < 4.78 is 28.8. The lowest BCUT2D eigenvalue weighted by molar-refractivity contribution is 0.152. The molecule has 1 aliphatic heterocycles. The van der Waals surface area contributed by atoms with Gasteiger partial charge in [0.25, 0.3) is 6.43 Å². The number of rotatable bonds is 4. The molecule has 2 aliphatic rings. The molecule has 1 saturated heterocycles. The number of fused-ring (bicyclic) bond motifs is 3. The first-order valence-corrected chi connectivity index (χ1v) is 9.13. The zero-order chi connectivity index (χ0) is 17.7. The van der Waals surface area contributed by atoms with Gasteiger partial charge in [0, 0.05) is 29.7 Å². The van der Waals surface area contributed by atoms with Crippen molar-refractivity contribution in [2.45, 2.75) is 44.1 Å². The Morgan fingerprint density at radius 3 is 2.65 bits per heavy atom. The lowest BCUT2D eigenvalue weighted by Crippen LogP contribution is -2.35. The summed E-state index contributed by atoms with van der Waals surface area (Å²) in [5.74, 6) is 0.932. The molecule has 2 N–H and O–H groups in total. The average Bonchev–Trinajstić information content (AvgIpc) is 3.40. The summed E-state index contributed by atoms with van der Waals surface area (Å²) in [5.41, 5.74) is 1.74. The second-order valence-electron chi connectivity index (χ2n) is 7.18. The molecule has 0 atom stereocenters. The highest BCUT2D eigenvalue weighted by molar-refractivity contribution is 5.81. The van der Waals surface area contributed by atoms with Crippen molar-refractivity contribution in [1.82, 2.24) is 24.7 Å². The van der Waals surface area contributed by atoms with Crippen LogP contribution in [0.1, 0.15) is 49.3 Å². The van der Waals surface area contributed by atoms with E-state index in [0.29, 0.717) is 34.6 Å². The number of hydrogen-bond donors (Lipinski definition) is 2. The van der Waals surface area contributed by atoms with Gasteiger partial charge in [-0.25, -0.2) is 18.7 Å². The fourth-order valence-electron chi connectivity index (χ4n) is 3.63. The molecule has 6 nitrogen and oxygen atoms in total. The minimum Gasteiger partial charge on any atom is -0.351 e. The number of anilines is 1. The lowest BCUT2D eigenvalue weighted by Gasteiger charge is -2.23. The van der Waals surface area contributed by atoms with Gasteiger partial charge in [-0.05, 0) is 44.8 Å². The van der Waals surface area contributed by atoms with E-state index in [1.165, 1.54) is 6.07 Å². The summed E-state index contributed by atoms with van der Waals surface area (Å²) in [6, 6.07) is 1.79. The Hall–Kier alpha value is -2.35. The molecule has 0 amide bonds. The number of piperidine rings is 1. The van der Waals surface area contributed by atoms with Crippen LogP contribution in [-0.2, 0) is 0 Å². The Balaban J connectivity index is 1.61. The monoisotopic (exact) mass is 358 g/mol. The van der Waals surface area contributed by atoms with Gasteiger partial charge in [-0.3, -0.25) is 4.40 Å². The van der Waals surface area contributed by atoms with Crippen molar-refractivity contribution >= 4 is 22.6 Å². The van der Waals surface area contributed by atoms with Crippen molar-refractivity contribution in [2.24, 2.45) is 0 Å². The van der Waals surface area contributed by atoms with E-state index in [0.717, 1.165) is 44.5 Å². The highest BCUT2D eigenvalue weighted by Crippen LogP contribution is 2.40. The highest BCUT2D eigenvalue weighted by Gasteiger charge is 2.28. The Morgan fingerprint density at radius 1 is 1.12 bits per heavy atom. The summed E-state index contributed by atoms with van der Waals surface area (Å²) in [7, 11) is 0. The van der Waals surface area contributed by atoms with Crippen LogP contribution >= 0.6 is 0 Å². The number of nitrogens with one attached hydrogen (secondary N) is 2. The molecule has 5 rings (SSSR count). The zero-order valence-corrected chi connectivity index (χ0v) is 14.3. The molecule has 1 saturated carbocycles. The van der Waals surface area contributed by atoms with E-state index in [-0.39, 0.29) is 5.56 Å². The van der Waals surface area contributed by atoms with Crippen LogP contribution in [0.3, 0.4) is 0 Å². The molecule has 26 heavy (non-hydrogen) atoms. The third-order valence-electron chi connectivity index (χ3n) is 5.22. The van der Waals surface area contributed by atoms with E-state index in [1.807, 2.05) is 6.20 Å². The zero-order valence-electron chi connectivity index (χ0n) is 14.3. The van der Waals surface area contributed by atoms with Gasteiger partial charge in [0.2, 0.25) is 5.95 Å². The SMILES string of the molecule is FC(F)c1cc2cnc(NC3CCNCC3)nc2n2cc(C3CC3)nc12. The largest absolute Gasteiger partial charge is 0.351 e. The molecule has 1 aliphatic carbocycles. The fourth-order valence-corrected chi connectivity index (χ4v) is 3.63. The Bertz CT molecular complexity index is 959. The minimum atomic E-state index is -2.58. The molecular weight excluding hydrogens is 338 g/mol. The van der Waals surface area contributed by atoms with Crippen molar-refractivity contribution in [3.05, 3.63) is 29.7 Å². The van der Waals surface area contributed by atoms with Crippen LogP contribution in [0.5, 0.6) is 0 Å². The number of alkyl halides is 2. The Kier molecular flexibility index (Phi) is 3.74. The molecule has 4 heterocycles. The predicted molar refractivity (Wildman–Crippen MR) is 94.7 cm³/mol. The summed E-state index contributed by atoms with van der Waals surface area (Å²) >= 11 is 0. The summed E-state index contributed by atoms with van der Waals surface area (Å²) in [6.07, 6.45) is 5.07. The maximum atomic E-state index is 13.5. The molecule has 3 aromatic heterocycles. The van der Waals surface area contributed by atoms with Crippen LogP contribution in [0.4, 0.5) is 14.7 Å².